The second-order valence-electron chi connectivity index (χ2n) is 4.38. The average molecular weight is 293 g/mol. The van der Waals surface area contributed by atoms with E-state index in [4.69, 9.17) is 16.3 Å². The molecular weight excluding hydrogens is 279 g/mol. The lowest BCUT2D eigenvalue weighted by atomic mass is 10.1. The molecule has 0 aliphatic rings. The summed E-state index contributed by atoms with van der Waals surface area (Å²) < 4.78 is 19.3. The zero-order chi connectivity index (χ0) is 14.7. The molecule has 4 heteroatoms. The van der Waals surface area contributed by atoms with Crippen molar-refractivity contribution in [3.05, 3.63) is 58.4 Å². The Labute approximate surface area is 122 Å². The van der Waals surface area contributed by atoms with Crippen LogP contribution in [0.2, 0.25) is 5.02 Å². The highest BCUT2D eigenvalue weighted by Crippen LogP contribution is 2.30. The van der Waals surface area contributed by atoms with E-state index in [-0.39, 0.29) is 17.1 Å². The number of ether oxygens (including phenoxy) is 1. The molecule has 0 heterocycles. The van der Waals surface area contributed by atoms with Gasteiger partial charge in [0.15, 0.2) is 5.78 Å². The minimum absolute atomic E-state index is 0.0412. The van der Waals surface area contributed by atoms with Gasteiger partial charge >= 0.3 is 0 Å². The summed E-state index contributed by atoms with van der Waals surface area (Å²) in [5.41, 5.74) is 0.894. The Bertz CT molecular complexity index is 653. The van der Waals surface area contributed by atoms with Crippen molar-refractivity contribution in [2.24, 2.45) is 0 Å². The molecule has 2 nitrogen and oxygen atoms in total. The van der Waals surface area contributed by atoms with Gasteiger partial charge in [-0.05, 0) is 49.2 Å². The molecule has 0 saturated heterocycles. The second-order valence-corrected chi connectivity index (χ2v) is 4.79. The molecule has 2 rings (SSSR count). The van der Waals surface area contributed by atoms with Gasteiger partial charge in [0, 0.05) is 5.02 Å². The van der Waals surface area contributed by atoms with Crippen LogP contribution in [0.3, 0.4) is 0 Å². The lowest BCUT2D eigenvalue weighted by Crippen LogP contribution is -2.01. The smallest absolute Gasteiger partial charge is 0.166 e. The molecule has 0 fully saturated rings. The van der Waals surface area contributed by atoms with Gasteiger partial charge in [-0.3, -0.25) is 4.79 Å². The Hall–Kier alpha value is -1.87. The van der Waals surface area contributed by atoms with E-state index >= 15 is 0 Å². The van der Waals surface area contributed by atoms with Crippen molar-refractivity contribution in [3.63, 3.8) is 0 Å². The molecule has 0 amide bonds. The molecular formula is C16H14ClFO2. The van der Waals surface area contributed by atoms with Gasteiger partial charge in [-0.2, -0.15) is 0 Å². The molecule has 104 valence electrons. The molecule has 0 atom stereocenters. The Balaban J connectivity index is 2.40. The molecule has 0 aliphatic heterocycles. The summed E-state index contributed by atoms with van der Waals surface area (Å²) in [6, 6.07) is 9.52. The van der Waals surface area contributed by atoms with Crippen LogP contribution >= 0.6 is 11.6 Å². The van der Waals surface area contributed by atoms with Gasteiger partial charge in [0.25, 0.3) is 0 Å². The highest BCUT2D eigenvalue weighted by Gasteiger charge is 2.15. The SMILES string of the molecule is CCc1cc(Oc2cccc(F)c2C(C)=O)ccc1Cl. The molecule has 0 N–H and O–H groups in total. The molecule has 2 aromatic carbocycles. The maximum atomic E-state index is 13.7. The molecule has 0 aliphatic carbocycles. The Morgan fingerprint density at radius 1 is 1.30 bits per heavy atom. The molecule has 0 saturated carbocycles. The number of Topliss-reactive ketones (excluding diaryl/α,β-unsaturated/α-hetero) is 1. The fourth-order valence-electron chi connectivity index (χ4n) is 1.94. The Morgan fingerprint density at radius 2 is 2.05 bits per heavy atom. The van der Waals surface area contributed by atoms with Crippen LogP contribution in [0, 0.1) is 5.82 Å². The third-order valence-corrected chi connectivity index (χ3v) is 3.32. The Kier molecular flexibility index (Phi) is 4.40. The number of carbonyl (C=O) groups is 1. The van der Waals surface area contributed by atoms with Gasteiger partial charge in [0.05, 0.1) is 5.56 Å². The third kappa shape index (κ3) is 2.99. The van der Waals surface area contributed by atoms with Crippen molar-refractivity contribution in [3.8, 4) is 11.5 Å². The average Bonchev–Trinajstić information content (AvgIpc) is 2.40. The maximum Gasteiger partial charge on any atom is 0.166 e. The van der Waals surface area contributed by atoms with Crippen molar-refractivity contribution in [2.75, 3.05) is 0 Å². The molecule has 0 unspecified atom stereocenters. The Morgan fingerprint density at radius 3 is 2.70 bits per heavy atom. The first-order valence-corrected chi connectivity index (χ1v) is 6.66. The van der Waals surface area contributed by atoms with Crippen molar-refractivity contribution >= 4 is 17.4 Å². The lowest BCUT2D eigenvalue weighted by Gasteiger charge is -2.11. The van der Waals surface area contributed by atoms with E-state index in [1.165, 1.54) is 19.1 Å². The van der Waals surface area contributed by atoms with E-state index in [9.17, 15) is 9.18 Å². The van der Waals surface area contributed by atoms with Crippen LogP contribution in [0.5, 0.6) is 11.5 Å². The standard InChI is InChI=1S/C16H14ClFO2/c1-3-11-9-12(7-8-13(11)17)20-15-6-4-5-14(18)16(15)10(2)19/h4-9H,3H2,1-2H3. The molecule has 2 aromatic rings. The van der Waals surface area contributed by atoms with Gasteiger partial charge in [0.2, 0.25) is 0 Å². The van der Waals surface area contributed by atoms with Gasteiger partial charge in [-0.15, -0.1) is 0 Å². The van der Waals surface area contributed by atoms with Gasteiger partial charge < -0.3 is 4.74 Å². The summed E-state index contributed by atoms with van der Waals surface area (Å²) in [6.45, 7) is 3.29. The van der Waals surface area contributed by atoms with Crippen molar-refractivity contribution in [1.82, 2.24) is 0 Å². The van der Waals surface area contributed by atoms with Crippen LogP contribution < -0.4 is 4.74 Å². The van der Waals surface area contributed by atoms with Gasteiger partial charge in [0.1, 0.15) is 17.3 Å². The summed E-state index contributed by atoms with van der Waals surface area (Å²) in [7, 11) is 0. The molecule has 0 radical (unpaired) electrons. The lowest BCUT2D eigenvalue weighted by molar-refractivity contribution is 0.101. The molecule has 0 spiro atoms. The van der Waals surface area contributed by atoms with Gasteiger partial charge in [-0.25, -0.2) is 4.39 Å². The zero-order valence-corrected chi connectivity index (χ0v) is 12.0. The van der Waals surface area contributed by atoms with Crippen LogP contribution in [0.4, 0.5) is 4.39 Å². The van der Waals surface area contributed by atoms with E-state index in [0.29, 0.717) is 10.8 Å². The molecule has 0 aromatic heterocycles. The van der Waals surface area contributed by atoms with Crippen molar-refractivity contribution in [2.45, 2.75) is 20.3 Å². The third-order valence-electron chi connectivity index (χ3n) is 2.95. The highest BCUT2D eigenvalue weighted by molar-refractivity contribution is 6.31. The number of hydrogen-bond acceptors (Lipinski definition) is 2. The molecule has 0 bridgehead atoms. The fraction of sp³-hybridized carbons (Fsp3) is 0.188. The number of benzene rings is 2. The van der Waals surface area contributed by atoms with Crippen LogP contribution in [-0.4, -0.2) is 5.78 Å². The maximum absolute atomic E-state index is 13.7. The van der Waals surface area contributed by atoms with E-state index in [2.05, 4.69) is 0 Å². The minimum Gasteiger partial charge on any atom is -0.456 e. The minimum atomic E-state index is -0.584. The number of hydrogen-bond donors (Lipinski definition) is 0. The number of carbonyl (C=O) groups excluding carboxylic acids is 1. The summed E-state index contributed by atoms with van der Waals surface area (Å²) in [5, 5.41) is 0.658. The quantitative estimate of drug-likeness (QED) is 0.738. The van der Waals surface area contributed by atoms with Crippen LogP contribution in [-0.2, 0) is 6.42 Å². The monoisotopic (exact) mass is 292 g/mol. The summed E-state index contributed by atoms with van der Waals surface area (Å²) in [5.74, 6) is -0.219. The van der Waals surface area contributed by atoms with Crippen LogP contribution in [0.1, 0.15) is 29.8 Å². The topological polar surface area (TPSA) is 26.3 Å². The first-order valence-electron chi connectivity index (χ1n) is 6.28. The summed E-state index contributed by atoms with van der Waals surface area (Å²) >= 11 is 6.04. The predicted molar refractivity (Wildman–Crippen MR) is 77.3 cm³/mol. The largest absolute Gasteiger partial charge is 0.456 e. The first kappa shape index (κ1) is 14.5. The number of ketones is 1. The molecule has 20 heavy (non-hydrogen) atoms. The van der Waals surface area contributed by atoms with E-state index in [1.54, 1.807) is 24.3 Å². The first-order chi connectivity index (χ1) is 9.52. The van der Waals surface area contributed by atoms with Crippen molar-refractivity contribution < 1.29 is 13.9 Å². The van der Waals surface area contributed by atoms with E-state index < -0.39 is 5.82 Å². The number of aryl methyl sites for hydroxylation is 1. The summed E-state index contributed by atoms with van der Waals surface area (Å²) in [4.78, 5) is 11.5. The van der Waals surface area contributed by atoms with Crippen molar-refractivity contribution in [1.29, 1.82) is 0 Å². The predicted octanol–water partition coefficient (Wildman–Crippen LogP) is 5.04. The summed E-state index contributed by atoms with van der Waals surface area (Å²) in [6.07, 6.45) is 0.763. The number of halogens is 2. The zero-order valence-electron chi connectivity index (χ0n) is 11.2. The number of rotatable bonds is 4. The van der Waals surface area contributed by atoms with Crippen LogP contribution in [0.25, 0.3) is 0 Å². The van der Waals surface area contributed by atoms with Crippen LogP contribution in [0.15, 0.2) is 36.4 Å². The van der Waals surface area contributed by atoms with Gasteiger partial charge in [-0.1, -0.05) is 24.6 Å². The highest BCUT2D eigenvalue weighted by atomic mass is 35.5. The normalized spacial score (nSPS) is 10.4. The van der Waals surface area contributed by atoms with E-state index in [0.717, 1.165) is 12.0 Å². The second kappa shape index (κ2) is 6.06. The fourth-order valence-corrected chi connectivity index (χ4v) is 2.19. The van der Waals surface area contributed by atoms with E-state index in [1.807, 2.05) is 6.92 Å².